The number of carbonyl (C=O) groups is 1. The summed E-state index contributed by atoms with van der Waals surface area (Å²) in [4.78, 5) is 13.7. The lowest BCUT2D eigenvalue weighted by molar-refractivity contribution is 0.0771. The molecule has 0 fully saturated rings. The number of carbonyl (C=O) groups excluding carboxylic acids is 1. The number of hydrogen-bond donors (Lipinski definition) is 0. The highest BCUT2D eigenvalue weighted by molar-refractivity contribution is 9.10. The SMILES string of the molecule is CCN(CC)C(=O)c1cc(F)c(Br)cc1C. The fourth-order valence-electron chi connectivity index (χ4n) is 1.56. The Morgan fingerprint density at radius 1 is 1.38 bits per heavy atom. The predicted octanol–water partition coefficient (Wildman–Crippen LogP) is 3.38. The number of halogens is 2. The molecule has 0 spiro atoms. The normalized spacial score (nSPS) is 10.3. The Labute approximate surface area is 104 Å². The van der Waals surface area contributed by atoms with E-state index in [0.717, 1.165) is 5.56 Å². The molecule has 0 radical (unpaired) electrons. The fraction of sp³-hybridized carbons (Fsp3) is 0.417. The molecule has 88 valence electrons. The van der Waals surface area contributed by atoms with Crippen molar-refractivity contribution < 1.29 is 9.18 Å². The number of nitrogens with zero attached hydrogens (tertiary/aromatic N) is 1. The number of hydrogen-bond acceptors (Lipinski definition) is 1. The lowest BCUT2D eigenvalue weighted by Crippen LogP contribution is -2.31. The van der Waals surface area contributed by atoms with Crippen LogP contribution >= 0.6 is 15.9 Å². The van der Waals surface area contributed by atoms with E-state index < -0.39 is 5.82 Å². The molecule has 4 heteroatoms. The van der Waals surface area contributed by atoms with Gasteiger partial charge < -0.3 is 4.90 Å². The van der Waals surface area contributed by atoms with Crippen LogP contribution in [0.2, 0.25) is 0 Å². The Kier molecular flexibility index (Phi) is 4.47. The molecule has 0 saturated carbocycles. The molecule has 0 aliphatic carbocycles. The third kappa shape index (κ3) is 2.61. The van der Waals surface area contributed by atoms with Crippen molar-refractivity contribution in [2.75, 3.05) is 13.1 Å². The summed E-state index contributed by atoms with van der Waals surface area (Å²) < 4.78 is 13.8. The molecule has 0 aromatic heterocycles. The summed E-state index contributed by atoms with van der Waals surface area (Å²) in [5.74, 6) is -0.519. The number of amides is 1. The highest BCUT2D eigenvalue weighted by atomic mass is 79.9. The second-order valence-corrected chi connectivity index (χ2v) is 4.41. The molecule has 0 bridgehead atoms. The van der Waals surface area contributed by atoms with Crippen molar-refractivity contribution in [3.8, 4) is 0 Å². The average molecular weight is 288 g/mol. The van der Waals surface area contributed by atoms with Gasteiger partial charge in [-0.15, -0.1) is 0 Å². The van der Waals surface area contributed by atoms with Crippen LogP contribution in [0.15, 0.2) is 16.6 Å². The first-order valence-corrected chi connectivity index (χ1v) is 6.05. The van der Waals surface area contributed by atoms with Crippen molar-refractivity contribution in [3.05, 3.63) is 33.5 Å². The van der Waals surface area contributed by atoms with Gasteiger partial charge in [-0.2, -0.15) is 0 Å². The second kappa shape index (κ2) is 5.43. The standard InChI is InChI=1S/C12H15BrFNO/c1-4-15(5-2)12(16)9-7-11(14)10(13)6-8(9)3/h6-7H,4-5H2,1-3H3. The lowest BCUT2D eigenvalue weighted by Gasteiger charge is -2.19. The molecule has 1 aromatic carbocycles. The van der Waals surface area contributed by atoms with Crippen LogP contribution < -0.4 is 0 Å². The monoisotopic (exact) mass is 287 g/mol. The van der Waals surface area contributed by atoms with Crippen molar-refractivity contribution in [3.63, 3.8) is 0 Å². The first-order chi connectivity index (χ1) is 7.51. The maximum Gasteiger partial charge on any atom is 0.254 e. The highest BCUT2D eigenvalue weighted by Crippen LogP contribution is 2.21. The van der Waals surface area contributed by atoms with E-state index in [1.165, 1.54) is 6.07 Å². The van der Waals surface area contributed by atoms with E-state index in [2.05, 4.69) is 15.9 Å². The van der Waals surface area contributed by atoms with Gasteiger partial charge in [0.15, 0.2) is 0 Å². The summed E-state index contributed by atoms with van der Waals surface area (Å²) in [6, 6.07) is 2.92. The summed E-state index contributed by atoms with van der Waals surface area (Å²) in [5, 5.41) is 0. The molecule has 0 atom stereocenters. The maximum atomic E-state index is 13.4. The van der Waals surface area contributed by atoms with Crippen LogP contribution in [0.5, 0.6) is 0 Å². The number of rotatable bonds is 3. The van der Waals surface area contributed by atoms with Crippen molar-refractivity contribution in [2.24, 2.45) is 0 Å². The molecule has 0 heterocycles. The third-order valence-corrected chi connectivity index (χ3v) is 3.16. The van der Waals surface area contributed by atoms with Crippen LogP contribution in [0.3, 0.4) is 0 Å². The van der Waals surface area contributed by atoms with Crippen LogP contribution in [0.1, 0.15) is 29.8 Å². The van der Waals surface area contributed by atoms with Crippen LogP contribution in [-0.4, -0.2) is 23.9 Å². The van der Waals surface area contributed by atoms with E-state index in [-0.39, 0.29) is 5.91 Å². The zero-order chi connectivity index (χ0) is 12.3. The van der Waals surface area contributed by atoms with Crippen molar-refractivity contribution in [1.82, 2.24) is 4.90 Å². The van der Waals surface area contributed by atoms with Gasteiger partial charge in [-0.05, 0) is 54.4 Å². The molecule has 0 aliphatic heterocycles. The Balaban J connectivity index is 3.13. The Hall–Kier alpha value is -0.900. The first kappa shape index (κ1) is 13.2. The zero-order valence-electron chi connectivity index (χ0n) is 9.68. The molecule has 2 nitrogen and oxygen atoms in total. The van der Waals surface area contributed by atoms with Crippen LogP contribution in [-0.2, 0) is 0 Å². The summed E-state index contributed by atoms with van der Waals surface area (Å²) >= 11 is 3.10. The molecule has 16 heavy (non-hydrogen) atoms. The smallest absolute Gasteiger partial charge is 0.254 e. The Bertz CT molecular complexity index is 402. The molecule has 0 aliphatic rings. The van der Waals surface area contributed by atoms with Gasteiger partial charge in [-0.3, -0.25) is 4.79 Å². The van der Waals surface area contributed by atoms with E-state index in [1.807, 2.05) is 13.8 Å². The van der Waals surface area contributed by atoms with Gasteiger partial charge in [0.25, 0.3) is 5.91 Å². The second-order valence-electron chi connectivity index (χ2n) is 3.56. The minimum atomic E-state index is -0.402. The molecule has 1 rings (SSSR count). The maximum absolute atomic E-state index is 13.4. The van der Waals surface area contributed by atoms with Gasteiger partial charge >= 0.3 is 0 Å². The molecule has 0 N–H and O–H groups in total. The lowest BCUT2D eigenvalue weighted by atomic mass is 10.1. The van der Waals surface area contributed by atoms with Crippen molar-refractivity contribution in [2.45, 2.75) is 20.8 Å². The van der Waals surface area contributed by atoms with Crippen LogP contribution in [0.4, 0.5) is 4.39 Å². The van der Waals surface area contributed by atoms with E-state index in [1.54, 1.807) is 17.9 Å². The summed E-state index contributed by atoms with van der Waals surface area (Å²) in [5.41, 5.74) is 1.22. The first-order valence-electron chi connectivity index (χ1n) is 5.26. The molecule has 0 unspecified atom stereocenters. The Morgan fingerprint density at radius 2 is 1.94 bits per heavy atom. The fourth-order valence-corrected chi connectivity index (χ4v) is 2.02. The van der Waals surface area contributed by atoms with Gasteiger partial charge in [-0.1, -0.05) is 0 Å². The molecular formula is C12H15BrFNO. The molecule has 1 aromatic rings. The van der Waals surface area contributed by atoms with Crippen molar-refractivity contribution >= 4 is 21.8 Å². The summed E-state index contributed by atoms with van der Waals surface area (Å²) in [7, 11) is 0. The quantitative estimate of drug-likeness (QED) is 0.835. The summed E-state index contributed by atoms with van der Waals surface area (Å²) in [6.07, 6.45) is 0. The highest BCUT2D eigenvalue weighted by Gasteiger charge is 2.16. The van der Waals surface area contributed by atoms with Gasteiger partial charge in [0.1, 0.15) is 5.82 Å². The molecule has 1 amide bonds. The van der Waals surface area contributed by atoms with Gasteiger partial charge in [-0.25, -0.2) is 4.39 Å². The summed E-state index contributed by atoms with van der Waals surface area (Å²) in [6.45, 7) is 6.89. The predicted molar refractivity (Wildman–Crippen MR) is 66.1 cm³/mol. The van der Waals surface area contributed by atoms with Crippen molar-refractivity contribution in [1.29, 1.82) is 0 Å². The average Bonchev–Trinajstić information content (AvgIpc) is 2.25. The largest absolute Gasteiger partial charge is 0.339 e. The van der Waals surface area contributed by atoms with E-state index in [9.17, 15) is 9.18 Å². The number of benzene rings is 1. The minimum Gasteiger partial charge on any atom is -0.339 e. The minimum absolute atomic E-state index is 0.117. The van der Waals surface area contributed by atoms with Gasteiger partial charge in [0.2, 0.25) is 0 Å². The topological polar surface area (TPSA) is 20.3 Å². The van der Waals surface area contributed by atoms with Gasteiger partial charge in [0, 0.05) is 18.7 Å². The zero-order valence-corrected chi connectivity index (χ0v) is 11.3. The molecule has 0 saturated heterocycles. The van der Waals surface area contributed by atoms with E-state index >= 15 is 0 Å². The van der Waals surface area contributed by atoms with Crippen LogP contribution in [0.25, 0.3) is 0 Å². The van der Waals surface area contributed by atoms with Gasteiger partial charge in [0.05, 0.1) is 4.47 Å². The third-order valence-electron chi connectivity index (χ3n) is 2.55. The van der Waals surface area contributed by atoms with E-state index in [0.29, 0.717) is 23.1 Å². The molecular weight excluding hydrogens is 273 g/mol. The Morgan fingerprint density at radius 3 is 2.44 bits per heavy atom. The van der Waals surface area contributed by atoms with E-state index in [4.69, 9.17) is 0 Å². The number of aryl methyl sites for hydroxylation is 1. The van der Waals surface area contributed by atoms with Crippen LogP contribution in [0, 0.1) is 12.7 Å².